The van der Waals surface area contributed by atoms with E-state index >= 15 is 0 Å². The Morgan fingerprint density at radius 1 is 0.854 bits per heavy atom. The van der Waals surface area contributed by atoms with E-state index in [0.29, 0.717) is 35.7 Å². The number of morpholine rings is 1. The molecule has 1 fully saturated rings. The standard InChI is InChI=1S/C31H38N4O6/c1-18-16-35(17-19(2)41-18)28(36)23-12-13-24(22-11-9-8-10-21(22)23)32-29(37)33-25-14-20(31(3,4)5)15-26(27(25)39-6)34-30(38)40-7/h8-15,18-19H,16-17H2,1-7H3,(H,34,38)(H2,32,33,37)/t18-,19+. The minimum absolute atomic E-state index is 0.0456. The summed E-state index contributed by atoms with van der Waals surface area (Å²) in [6.07, 6.45) is -0.752. The van der Waals surface area contributed by atoms with Crippen LogP contribution in [-0.2, 0) is 14.9 Å². The summed E-state index contributed by atoms with van der Waals surface area (Å²) in [6.45, 7) is 11.0. The Morgan fingerprint density at radius 2 is 1.44 bits per heavy atom. The second-order valence-electron chi connectivity index (χ2n) is 11.2. The Balaban J connectivity index is 1.64. The number of hydrogen-bond donors (Lipinski definition) is 3. The van der Waals surface area contributed by atoms with Gasteiger partial charge in [-0.1, -0.05) is 45.0 Å². The van der Waals surface area contributed by atoms with Crippen LogP contribution >= 0.6 is 0 Å². The number of nitrogens with one attached hydrogen (secondary N) is 3. The van der Waals surface area contributed by atoms with Gasteiger partial charge in [-0.15, -0.1) is 0 Å². The number of urea groups is 1. The van der Waals surface area contributed by atoms with Gasteiger partial charge in [0.15, 0.2) is 5.75 Å². The van der Waals surface area contributed by atoms with Gasteiger partial charge in [0.25, 0.3) is 5.91 Å². The van der Waals surface area contributed by atoms with Crippen LogP contribution in [0.25, 0.3) is 10.8 Å². The number of nitrogens with zero attached hydrogens (tertiary/aromatic N) is 1. The number of hydrogen-bond acceptors (Lipinski definition) is 6. The van der Waals surface area contributed by atoms with Gasteiger partial charge in [-0.05, 0) is 54.5 Å². The van der Waals surface area contributed by atoms with E-state index in [2.05, 4.69) is 16.0 Å². The van der Waals surface area contributed by atoms with Gasteiger partial charge in [-0.25, -0.2) is 9.59 Å². The highest BCUT2D eigenvalue weighted by atomic mass is 16.5. The lowest BCUT2D eigenvalue weighted by Gasteiger charge is -2.35. The van der Waals surface area contributed by atoms with Crippen molar-refractivity contribution < 1.29 is 28.6 Å². The number of amides is 4. The molecule has 3 N–H and O–H groups in total. The molecule has 218 valence electrons. The molecule has 0 radical (unpaired) electrons. The van der Waals surface area contributed by atoms with E-state index in [4.69, 9.17) is 14.2 Å². The highest BCUT2D eigenvalue weighted by Gasteiger charge is 2.28. The van der Waals surface area contributed by atoms with E-state index in [1.807, 2.05) is 69.9 Å². The molecular formula is C31H38N4O6. The van der Waals surface area contributed by atoms with Crippen molar-refractivity contribution >= 4 is 45.9 Å². The lowest BCUT2D eigenvalue weighted by molar-refractivity contribution is -0.0585. The second kappa shape index (κ2) is 12.1. The van der Waals surface area contributed by atoms with Crippen molar-refractivity contribution in [1.29, 1.82) is 0 Å². The summed E-state index contributed by atoms with van der Waals surface area (Å²) >= 11 is 0. The maximum Gasteiger partial charge on any atom is 0.411 e. The second-order valence-corrected chi connectivity index (χ2v) is 11.2. The van der Waals surface area contributed by atoms with Crippen LogP contribution in [0.4, 0.5) is 26.7 Å². The minimum atomic E-state index is -0.660. The third-order valence-electron chi connectivity index (χ3n) is 6.94. The summed E-state index contributed by atoms with van der Waals surface area (Å²) in [7, 11) is 2.73. The van der Waals surface area contributed by atoms with Crippen molar-refractivity contribution in [3.8, 4) is 5.75 Å². The SMILES string of the molecule is COC(=O)Nc1cc(C(C)(C)C)cc(NC(=O)Nc2ccc(C(=O)N3C[C@@H](C)O[C@@H](C)C3)c3ccccc23)c1OC. The van der Waals surface area contributed by atoms with Gasteiger partial charge in [0, 0.05) is 24.0 Å². The maximum atomic E-state index is 13.5. The summed E-state index contributed by atoms with van der Waals surface area (Å²) < 4.78 is 16.1. The van der Waals surface area contributed by atoms with Crippen molar-refractivity contribution in [1.82, 2.24) is 4.90 Å². The monoisotopic (exact) mass is 562 g/mol. The van der Waals surface area contributed by atoms with Crippen LogP contribution in [0, 0.1) is 0 Å². The van der Waals surface area contributed by atoms with Crippen molar-refractivity contribution in [3.63, 3.8) is 0 Å². The van der Waals surface area contributed by atoms with E-state index in [0.717, 1.165) is 16.3 Å². The molecule has 4 amide bonds. The Labute approximate surface area is 240 Å². The quantitative estimate of drug-likeness (QED) is 0.340. The van der Waals surface area contributed by atoms with Gasteiger partial charge in [-0.3, -0.25) is 10.1 Å². The van der Waals surface area contributed by atoms with Gasteiger partial charge in [0.2, 0.25) is 0 Å². The van der Waals surface area contributed by atoms with Crippen LogP contribution in [0.2, 0.25) is 0 Å². The first kappa shape index (κ1) is 29.7. The summed E-state index contributed by atoms with van der Waals surface area (Å²) in [4.78, 5) is 40.6. The zero-order valence-corrected chi connectivity index (χ0v) is 24.6. The van der Waals surface area contributed by atoms with Crippen LogP contribution in [0.5, 0.6) is 5.75 Å². The van der Waals surface area contributed by atoms with Crippen molar-refractivity contribution in [3.05, 3.63) is 59.7 Å². The third kappa shape index (κ3) is 6.71. The lowest BCUT2D eigenvalue weighted by Crippen LogP contribution is -2.48. The number of anilines is 3. The zero-order valence-electron chi connectivity index (χ0n) is 24.6. The van der Waals surface area contributed by atoms with E-state index in [1.54, 1.807) is 18.2 Å². The molecule has 0 bridgehead atoms. The normalized spacial score (nSPS) is 17.1. The van der Waals surface area contributed by atoms with Crippen LogP contribution in [-0.4, -0.2) is 62.4 Å². The number of benzene rings is 3. The summed E-state index contributed by atoms with van der Waals surface area (Å²) in [6, 6.07) is 14.0. The fourth-order valence-electron chi connectivity index (χ4n) is 5.01. The molecule has 10 heteroatoms. The maximum absolute atomic E-state index is 13.5. The molecule has 0 spiro atoms. The van der Waals surface area contributed by atoms with Crippen molar-refractivity contribution in [2.45, 2.75) is 52.2 Å². The fraction of sp³-hybridized carbons (Fsp3) is 0.387. The van der Waals surface area contributed by atoms with Crippen LogP contribution in [0.3, 0.4) is 0 Å². The number of rotatable bonds is 5. The number of methoxy groups -OCH3 is 2. The van der Waals surface area contributed by atoms with E-state index in [9.17, 15) is 14.4 Å². The molecule has 0 unspecified atom stereocenters. The van der Waals surface area contributed by atoms with E-state index in [1.165, 1.54) is 14.2 Å². The van der Waals surface area contributed by atoms with Gasteiger partial charge < -0.3 is 29.7 Å². The third-order valence-corrected chi connectivity index (χ3v) is 6.94. The highest BCUT2D eigenvalue weighted by molar-refractivity contribution is 6.13. The van der Waals surface area contributed by atoms with E-state index < -0.39 is 12.1 Å². The summed E-state index contributed by atoms with van der Waals surface area (Å²) in [5.41, 5.74) is 2.40. The molecule has 1 saturated heterocycles. The molecule has 1 heterocycles. The Morgan fingerprint density at radius 3 is 2.02 bits per heavy atom. The van der Waals surface area contributed by atoms with Gasteiger partial charge in [-0.2, -0.15) is 0 Å². The van der Waals surface area contributed by atoms with Crippen molar-refractivity contribution in [2.75, 3.05) is 43.3 Å². The number of ether oxygens (including phenoxy) is 3. The molecule has 0 saturated carbocycles. The van der Waals surface area contributed by atoms with Gasteiger partial charge >= 0.3 is 12.1 Å². The largest absolute Gasteiger partial charge is 0.492 e. The predicted molar refractivity (Wildman–Crippen MR) is 160 cm³/mol. The zero-order chi connectivity index (χ0) is 29.9. The summed E-state index contributed by atoms with van der Waals surface area (Å²) in [5, 5.41) is 9.89. The molecule has 0 aromatic heterocycles. The Kier molecular flexibility index (Phi) is 8.72. The molecule has 41 heavy (non-hydrogen) atoms. The smallest absolute Gasteiger partial charge is 0.411 e. The summed E-state index contributed by atoms with van der Waals surface area (Å²) in [5.74, 6) is 0.201. The number of fused-ring (bicyclic) bond motifs is 1. The average molecular weight is 563 g/mol. The highest BCUT2D eigenvalue weighted by Crippen LogP contribution is 2.39. The lowest BCUT2D eigenvalue weighted by atomic mass is 9.86. The first-order valence-corrected chi connectivity index (χ1v) is 13.5. The number of carbonyl (C=O) groups excluding carboxylic acids is 3. The van der Waals surface area contributed by atoms with Gasteiger partial charge in [0.1, 0.15) is 0 Å². The van der Waals surface area contributed by atoms with Crippen LogP contribution < -0.4 is 20.7 Å². The molecule has 2 atom stereocenters. The molecule has 1 aliphatic rings. The average Bonchev–Trinajstić information content (AvgIpc) is 2.91. The van der Waals surface area contributed by atoms with Crippen LogP contribution in [0.15, 0.2) is 48.5 Å². The molecule has 3 aromatic carbocycles. The Hall–Kier alpha value is -4.31. The molecule has 10 nitrogen and oxygen atoms in total. The fourth-order valence-corrected chi connectivity index (χ4v) is 5.01. The molecule has 3 aromatic rings. The Bertz CT molecular complexity index is 1450. The topological polar surface area (TPSA) is 118 Å². The first-order valence-electron chi connectivity index (χ1n) is 13.5. The predicted octanol–water partition coefficient (Wildman–Crippen LogP) is 6.22. The first-order chi connectivity index (χ1) is 19.4. The van der Waals surface area contributed by atoms with Crippen molar-refractivity contribution in [2.24, 2.45) is 0 Å². The molecular weight excluding hydrogens is 524 g/mol. The molecule has 4 rings (SSSR count). The van der Waals surface area contributed by atoms with Crippen LogP contribution in [0.1, 0.15) is 50.5 Å². The van der Waals surface area contributed by atoms with E-state index in [-0.39, 0.29) is 29.3 Å². The minimum Gasteiger partial charge on any atom is -0.492 e. The molecule has 0 aliphatic carbocycles. The number of carbonyl (C=O) groups is 3. The molecule has 1 aliphatic heterocycles. The van der Waals surface area contributed by atoms with Gasteiger partial charge in [0.05, 0.1) is 43.5 Å².